The number of thiazole rings is 1. The van der Waals surface area contributed by atoms with Gasteiger partial charge in [0.2, 0.25) is 0 Å². The molecule has 0 fully saturated rings. The molecule has 178 valence electrons. The van der Waals surface area contributed by atoms with E-state index in [-0.39, 0.29) is 12.4 Å². The number of halogens is 4. The van der Waals surface area contributed by atoms with Gasteiger partial charge in [0.25, 0.3) is 0 Å². The molecule has 0 saturated heterocycles. The van der Waals surface area contributed by atoms with E-state index in [9.17, 15) is 23.1 Å². The van der Waals surface area contributed by atoms with E-state index in [1.807, 2.05) is 29.5 Å². The van der Waals surface area contributed by atoms with Crippen molar-refractivity contribution in [3.05, 3.63) is 59.2 Å². The van der Waals surface area contributed by atoms with E-state index in [2.05, 4.69) is 9.97 Å². The molecule has 33 heavy (non-hydrogen) atoms. The zero-order valence-electron chi connectivity index (χ0n) is 18.1. The van der Waals surface area contributed by atoms with E-state index in [1.165, 1.54) is 35.2 Å². The molecule has 0 atom stereocenters. The number of aliphatic carboxylic acids is 1. The second kappa shape index (κ2) is 10.8. The van der Waals surface area contributed by atoms with Gasteiger partial charge < -0.3 is 10.0 Å². The van der Waals surface area contributed by atoms with Gasteiger partial charge in [0.15, 0.2) is 4.34 Å². The topological polar surface area (TPSA) is 66.3 Å². The molecule has 0 unspecified atom stereocenters. The van der Waals surface area contributed by atoms with Crippen LogP contribution in [-0.2, 0) is 17.4 Å². The second-order valence-corrected chi connectivity index (χ2v) is 10.4. The largest absolute Gasteiger partial charge is 0.480 e. The number of likely N-dealkylation sites (N-methyl/N-ethyl adjacent to an activating group) is 1. The zero-order chi connectivity index (χ0) is 23.5. The predicted octanol–water partition coefficient (Wildman–Crippen LogP) is 6.28. The lowest BCUT2D eigenvalue weighted by atomic mass is 10.1. The van der Waals surface area contributed by atoms with Crippen LogP contribution in [-0.4, -0.2) is 39.4 Å². The molecule has 0 aliphatic rings. The van der Waals surface area contributed by atoms with Crippen LogP contribution in [0.25, 0.3) is 11.1 Å². The first-order valence-electron chi connectivity index (χ1n) is 9.67. The first-order chi connectivity index (χ1) is 15.0. The minimum atomic E-state index is -4.35. The van der Waals surface area contributed by atoms with Gasteiger partial charge in [-0.2, -0.15) is 13.2 Å². The summed E-state index contributed by atoms with van der Waals surface area (Å²) in [6.07, 6.45) is -2.05. The molecule has 0 amide bonds. The quantitative estimate of drug-likeness (QED) is 0.355. The highest BCUT2D eigenvalue weighted by Gasteiger charge is 2.30. The van der Waals surface area contributed by atoms with Crippen LogP contribution in [0.1, 0.15) is 25.1 Å². The van der Waals surface area contributed by atoms with Crippen molar-refractivity contribution in [1.29, 1.82) is 0 Å². The summed E-state index contributed by atoms with van der Waals surface area (Å²) in [4.78, 5) is 22.2. The maximum atomic E-state index is 12.7. The van der Waals surface area contributed by atoms with Crippen molar-refractivity contribution in [2.24, 2.45) is 0 Å². The molecule has 0 spiro atoms. The number of carboxylic acids is 1. The van der Waals surface area contributed by atoms with Crippen LogP contribution < -0.4 is 4.90 Å². The number of nitrogens with zero attached hydrogens (tertiary/aromatic N) is 3. The average molecular weight is 518 g/mol. The van der Waals surface area contributed by atoms with Gasteiger partial charge in [-0.1, -0.05) is 23.9 Å². The van der Waals surface area contributed by atoms with Crippen LogP contribution in [0.3, 0.4) is 0 Å². The third-order valence-electron chi connectivity index (χ3n) is 4.78. The summed E-state index contributed by atoms with van der Waals surface area (Å²) in [5, 5.41) is 11.2. The number of rotatable bonds is 8. The van der Waals surface area contributed by atoms with Gasteiger partial charge >= 0.3 is 12.1 Å². The van der Waals surface area contributed by atoms with Crippen LogP contribution in [0.4, 0.5) is 19.0 Å². The van der Waals surface area contributed by atoms with Gasteiger partial charge in [-0.15, -0.1) is 23.7 Å². The number of carboxylic acid groups (broad SMARTS) is 1. The molecule has 0 radical (unpaired) electrons. The first kappa shape index (κ1) is 26.9. The summed E-state index contributed by atoms with van der Waals surface area (Å²) in [7, 11) is 1.90. The van der Waals surface area contributed by atoms with Crippen LogP contribution in [0.15, 0.2) is 52.3 Å². The van der Waals surface area contributed by atoms with Crippen molar-refractivity contribution >= 4 is 47.3 Å². The van der Waals surface area contributed by atoms with Crippen LogP contribution >= 0.6 is 35.5 Å². The van der Waals surface area contributed by atoms with Crippen LogP contribution in [0.2, 0.25) is 0 Å². The molecular weight excluding hydrogens is 495 g/mol. The molecule has 3 rings (SSSR count). The number of hydrogen-bond donors (Lipinski definition) is 1. The molecule has 0 aliphatic heterocycles. The van der Waals surface area contributed by atoms with E-state index >= 15 is 0 Å². The lowest BCUT2D eigenvalue weighted by molar-refractivity contribution is -0.139. The smallest absolute Gasteiger partial charge is 0.416 e. The van der Waals surface area contributed by atoms with Crippen LogP contribution in [0.5, 0.6) is 0 Å². The Kier molecular flexibility index (Phi) is 8.78. The minimum Gasteiger partial charge on any atom is -0.480 e. The van der Waals surface area contributed by atoms with E-state index in [0.717, 1.165) is 29.2 Å². The first-order valence-corrected chi connectivity index (χ1v) is 11.4. The molecular formula is C22H23ClF3N3O2S2. The highest BCUT2D eigenvalue weighted by atomic mass is 35.5. The van der Waals surface area contributed by atoms with E-state index in [0.29, 0.717) is 22.9 Å². The molecule has 0 bridgehead atoms. The zero-order valence-corrected chi connectivity index (χ0v) is 20.5. The molecule has 2 aromatic heterocycles. The van der Waals surface area contributed by atoms with Gasteiger partial charge in [-0.3, -0.25) is 4.79 Å². The van der Waals surface area contributed by atoms with Crippen molar-refractivity contribution in [1.82, 2.24) is 9.97 Å². The number of carbonyl (C=O) groups is 1. The third kappa shape index (κ3) is 7.09. The number of benzene rings is 1. The SMILES string of the molecule is CN(CCc1csc(SC(C)(C)C(=O)O)n1)c1ccc(-c2ccc(C(F)(F)F)cc2)cn1.Cl. The summed E-state index contributed by atoms with van der Waals surface area (Å²) < 4.78 is 37.9. The van der Waals surface area contributed by atoms with E-state index in [1.54, 1.807) is 20.0 Å². The maximum Gasteiger partial charge on any atom is 0.416 e. The van der Waals surface area contributed by atoms with Crippen molar-refractivity contribution in [2.45, 2.75) is 35.5 Å². The second-order valence-electron chi connectivity index (χ2n) is 7.67. The van der Waals surface area contributed by atoms with Crippen molar-refractivity contribution in [3.8, 4) is 11.1 Å². The number of alkyl halides is 3. The Labute approximate surface area is 204 Å². The average Bonchev–Trinajstić information content (AvgIpc) is 3.18. The monoisotopic (exact) mass is 517 g/mol. The highest BCUT2D eigenvalue weighted by molar-refractivity contribution is 8.02. The van der Waals surface area contributed by atoms with Crippen molar-refractivity contribution in [2.75, 3.05) is 18.5 Å². The lowest BCUT2D eigenvalue weighted by Gasteiger charge is -2.18. The summed E-state index contributed by atoms with van der Waals surface area (Å²) in [5.41, 5.74) is 1.60. The Bertz CT molecular complexity index is 1070. The lowest BCUT2D eigenvalue weighted by Crippen LogP contribution is -2.26. The van der Waals surface area contributed by atoms with E-state index in [4.69, 9.17) is 0 Å². The number of thioether (sulfide) groups is 1. The molecule has 11 heteroatoms. The van der Waals surface area contributed by atoms with Gasteiger partial charge in [-0.05, 0) is 43.7 Å². The molecule has 0 saturated carbocycles. The molecule has 3 aromatic rings. The van der Waals surface area contributed by atoms with Crippen molar-refractivity contribution < 1.29 is 23.1 Å². The Balaban J connectivity index is 0.00000385. The van der Waals surface area contributed by atoms with Gasteiger partial charge in [0, 0.05) is 37.2 Å². The molecule has 2 heterocycles. The van der Waals surface area contributed by atoms with Crippen molar-refractivity contribution in [3.63, 3.8) is 0 Å². The van der Waals surface area contributed by atoms with E-state index < -0.39 is 22.5 Å². The summed E-state index contributed by atoms with van der Waals surface area (Å²) >= 11 is 2.65. The molecule has 1 N–H and O–H groups in total. The molecule has 0 aliphatic carbocycles. The molecule has 5 nitrogen and oxygen atoms in total. The Morgan fingerprint density at radius 1 is 1.12 bits per heavy atom. The molecule has 1 aromatic carbocycles. The minimum absolute atomic E-state index is 0. The predicted molar refractivity (Wildman–Crippen MR) is 129 cm³/mol. The fraction of sp³-hybridized carbons (Fsp3) is 0.318. The van der Waals surface area contributed by atoms with Gasteiger partial charge in [-0.25, -0.2) is 9.97 Å². The number of pyridine rings is 1. The summed E-state index contributed by atoms with van der Waals surface area (Å²) in [6, 6.07) is 8.65. The fourth-order valence-electron chi connectivity index (χ4n) is 2.74. The Hall–Kier alpha value is -2.30. The number of aromatic nitrogens is 2. The van der Waals surface area contributed by atoms with Crippen LogP contribution in [0, 0.1) is 0 Å². The normalized spacial score (nSPS) is 11.7. The number of anilines is 1. The summed E-state index contributed by atoms with van der Waals surface area (Å²) in [5.74, 6) is -0.151. The third-order valence-corrected chi connectivity index (χ3v) is 6.95. The standard InChI is InChI=1S/C22H22F3N3O2S2.ClH/c1-21(2,19(29)30)32-20-27-17(13-31-20)10-11-28(3)18-9-6-15(12-26-18)14-4-7-16(8-5-14)22(23,24)25;/h4-9,12-13H,10-11H2,1-3H3,(H,29,30);1H. The highest BCUT2D eigenvalue weighted by Crippen LogP contribution is 2.35. The number of hydrogen-bond acceptors (Lipinski definition) is 6. The Morgan fingerprint density at radius 2 is 1.76 bits per heavy atom. The fourth-order valence-corrected chi connectivity index (χ4v) is 4.97. The maximum absolute atomic E-state index is 12.7. The van der Waals surface area contributed by atoms with Gasteiger partial charge in [0.05, 0.1) is 11.3 Å². The Morgan fingerprint density at radius 3 is 2.30 bits per heavy atom. The summed E-state index contributed by atoms with van der Waals surface area (Å²) in [6.45, 7) is 3.95. The van der Waals surface area contributed by atoms with Gasteiger partial charge in [0.1, 0.15) is 10.6 Å².